The summed E-state index contributed by atoms with van der Waals surface area (Å²) in [5.74, 6) is -1.58. The van der Waals surface area contributed by atoms with Gasteiger partial charge in [0, 0.05) is 23.7 Å². The number of hydrogen-bond donors (Lipinski definition) is 2. The van der Waals surface area contributed by atoms with Crippen molar-refractivity contribution in [3.8, 4) is 0 Å². The van der Waals surface area contributed by atoms with Crippen LogP contribution in [0.15, 0.2) is 28.5 Å². The molecule has 0 saturated heterocycles. The molecule has 0 bridgehead atoms. The SMILES string of the molecule is Cc1nc(CCCC(=O)Nc2cc(C(=O)O)cc(S(C)(=O)=O)c2)cs1. The predicted octanol–water partition coefficient (Wildman–Crippen LogP) is 2.51. The number of nitrogens with zero attached hydrogens (tertiary/aromatic N) is 1. The zero-order valence-corrected chi connectivity index (χ0v) is 15.4. The average Bonchev–Trinajstić information content (AvgIpc) is 2.91. The lowest BCUT2D eigenvalue weighted by Gasteiger charge is -2.08. The van der Waals surface area contributed by atoms with Crippen LogP contribution >= 0.6 is 11.3 Å². The Morgan fingerprint density at radius 1 is 1.28 bits per heavy atom. The van der Waals surface area contributed by atoms with E-state index in [0.29, 0.717) is 12.8 Å². The summed E-state index contributed by atoms with van der Waals surface area (Å²) < 4.78 is 23.3. The van der Waals surface area contributed by atoms with Crippen molar-refractivity contribution in [2.24, 2.45) is 0 Å². The van der Waals surface area contributed by atoms with Gasteiger partial charge in [0.15, 0.2) is 9.84 Å². The first-order chi connectivity index (χ1) is 11.6. The monoisotopic (exact) mass is 382 g/mol. The number of amides is 1. The fourth-order valence-electron chi connectivity index (χ4n) is 2.19. The Labute approximate surface area is 149 Å². The van der Waals surface area contributed by atoms with Gasteiger partial charge in [-0.15, -0.1) is 11.3 Å². The molecule has 1 heterocycles. The fraction of sp³-hybridized carbons (Fsp3) is 0.312. The molecule has 1 amide bonds. The molecule has 2 rings (SSSR count). The maximum atomic E-state index is 12.0. The molecule has 1 aromatic carbocycles. The number of hydrogen-bond acceptors (Lipinski definition) is 6. The van der Waals surface area contributed by atoms with Crippen molar-refractivity contribution in [2.45, 2.75) is 31.1 Å². The van der Waals surface area contributed by atoms with Crippen LogP contribution in [0.1, 0.15) is 33.9 Å². The average molecular weight is 382 g/mol. The number of aromatic carboxylic acids is 1. The molecule has 9 heteroatoms. The van der Waals surface area contributed by atoms with Gasteiger partial charge in [0.25, 0.3) is 0 Å². The van der Waals surface area contributed by atoms with Gasteiger partial charge in [-0.3, -0.25) is 4.79 Å². The summed E-state index contributed by atoms with van der Waals surface area (Å²) in [6, 6.07) is 3.56. The summed E-state index contributed by atoms with van der Waals surface area (Å²) in [7, 11) is -3.59. The first kappa shape index (κ1) is 19.1. The molecule has 0 atom stereocenters. The van der Waals surface area contributed by atoms with Crippen LogP contribution in [0.25, 0.3) is 0 Å². The quantitative estimate of drug-likeness (QED) is 0.761. The second-order valence-corrected chi connectivity index (χ2v) is 8.66. The van der Waals surface area contributed by atoms with E-state index in [4.69, 9.17) is 5.11 Å². The van der Waals surface area contributed by atoms with Gasteiger partial charge in [0.1, 0.15) is 0 Å². The van der Waals surface area contributed by atoms with Crippen molar-refractivity contribution in [1.82, 2.24) is 4.98 Å². The first-order valence-electron chi connectivity index (χ1n) is 7.44. The topological polar surface area (TPSA) is 113 Å². The largest absolute Gasteiger partial charge is 0.478 e. The molecule has 2 N–H and O–H groups in total. The van der Waals surface area contributed by atoms with Gasteiger partial charge in [0.2, 0.25) is 5.91 Å². The number of aromatic nitrogens is 1. The van der Waals surface area contributed by atoms with Crippen molar-refractivity contribution in [3.63, 3.8) is 0 Å². The number of benzene rings is 1. The van der Waals surface area contributed by atoms with Gasteiger partial charge in [-0.05, 0) is 38.0 Å². The van der Waals surface area contributed by atoms with Crippen LogP contribution in [0.4, 0.5) is 5.69 Å². The molecule has 1 aromatic heterocycles. The second-order valence-electron chi connectivity index (χ2n) is 5.58. The molecule has 0 aliphatic rings. The van der Waals surface area contributed by atoms with E-state index in [1.54, 1.807) is 11.3 Å². The van der Waals surface area contributed by atoms with Gasteiger partial charge in [-0.25, -0.2) is 18.2 Å². The number of anilines is 1. The molecular weight excluding hydrogens is 364 g/mol. The van der Waals surface area contributed by atoms with Crippen molar-refractivity contribution >= 4 is 38.7 Å². The zero-order valence-electron chi connectivity index (χ0n) is 13.8. The van der Waals surface area contributed by atoms with Crippen LogP contribution in [0.5, 0.6) is 0 Å². The van der Waals surface area contributed by atoms with Gasteiger partial charge in [-0.1, -0.05) is 0 Å². The predicted molar refractivity (Wildman–Crippen MR) is 94.9 cm³/mol. The van der Waals surface area contributed by atoms with Gasteiger partial charge >= 0.3 is 5.97 Å². The van der Waals surface area contributed by atoms with Crippen LogP contribution < -0.4 is 5.32 Å². The van der Waals surface area contributed by atoms with Crippen LogP contribution in [0.2, 0.25) is 0 Å². The molecule has 25 heavy (non-hydrogen) atoms. The normalized spacial score (nSPS) is 11.3. The second kappa shape index (κ2) is 7.75. The molecule has 0 aliphatic carbocycles. The van der Waals surface area contributed by atoms with Crippen LogP contribution in [-0.4, -0.2) is 36.6 Å². The molecular formula is C16H18N2O5S2. The maximum Gasteiger partial charge on any atom is 0.335 e. The number of rotatable bonds is 7. The summed E-state index contributed by atoms with van der Waals surface area (Å²) >= 11 is 1.55. The highest BCUT2D eigenvalue weighted by Crippen LogP contribution is 2.20. The first-order valence-corrected chi connectivity index (χ1v) is 10.2. The smallest absolute Gasteiger partial charge is 0.335 e. The third-order valence-corrected chi connectivity index (χ3v) is 5.28. The highest BCUT2D eigenvalue weighted by atomic mass is 32.2. The lowest BCUT2D eigenvalue weighted by atomic mass is 10.1. The van der Waals surface area contributed by atoms with E-state index in [9.17, 15) is 18.0 Å². The molecule has 0 fully saturated rings. The third-order valence-electron chi connectivity index (χ3n) is 3.37. The number of carboxylic acids is 1. The van der Waals surface area contributed by atoms with E-state index in [2.05, 4.69) is 10.3 Å². The Morgan fingerprint density at radius 2 is 2.00 bits per heavy atom. The zero-order chi connectivity index (χ0) is 18.6. The Hall–Kier alpha value is -2.26. The van der Waals surface area contributed by atoms with E-state index >= 15 is 0 Å². The summed E-state index contributed by atoms with van der Waals surface area (Å²) in [5.41, 5.74) is 0.883. The number of carbonyl (C=O) groups excluding carboxylic acids is 1. The molecule has 2 aromatic rings. The molecule has 134 valence electrons. The minimum absolute atomic E-state index is 0.148. The molecule has 7 nitrogen and oxygen atoms in total. The minimum atomic E-state index is -3.59. The van der Waals surface area contributed by atoms with Crippen LogP contribution in [-0.2, 0) is 21.1 Å². The third kappa shape index (κ3) is 5.64. The van der Waals surface area contributed by atoms with Crippen molar-refractivity contribution in [2.75, 3.05) is 11.6 Å². The molecule has 0 spiro atoms. The van der Waals surface area contributed by atoms with Crippen molar-refractivity contribution in [3.05, 3.63) is 39.8 Å². The van der Waals surface area contributed by atoms with Gasteiger partial charge < -0.3 is 10.4 Å². The minimum Gasteiger partial charge on any atom is -0.478 e. The Bertz CT molecular complexity index is 903. The highest BCUT2D eigenvalue weighted by Gasteiger charge is 2.15. The lowest BCUT2D eigenvalue weighted by Crippen LogP contribution is -2.13. The van der Waals surface area contributed by atoms with Crippen molar-refractivity contribution in [1.29, 1.82) is 0 Å². The Kier molecular flexibility index (Phi) is 5.91. The van der Waals surface area contributed by atoms with E-state index in [1.165, 1.54) is 12.1 Å². The number of nitrogens with one attached hydrogen (secondary N) is 1. The van der Waals surface area contributed by atoms with Crippen LogP contribution in [0, 0.1) is 6.92 Å². The number of aryl methyl sites for hydroxylation is 2. The van der Waals surface area contributed by atoms with Crippen LogP contribution in [0.3, 0.4) is 0 Å². The fourth-order valence-corrected chi connectivity index (χ4v) is 3.51. The Morgan fingerprint density at radius 3 is 2.56 bits per heavy atom. The number of sulfone groups is 1. The van der Waals surface area contributed by atoms with Gasteiger partial charge in [-0.2, -0.15) is 0 Å². The van der Waals surface area contributed by atoms with Crippen molar-refractivity contribution < 1.29 is 23.1 Å². The maximum absolute atomic E-state index is 12.0. The molecule has 0 radical (unpaired) electrons. The summed E-state index contributed by atoms with van der Waals surface area (Å²) in [5, 5.41) is 14.6. The molecule has 0 saturated carbocycles. The highest BCUT2D eigenvalue weighted by molar-refractivity contribution is 7.90. The van der Waals surface area contributed by atoms with E-state index < -0.39 is 15.8 Å². The van der Waals surface area contributed by atoms with E-state index in [1.807, 2.05) is 12.3 Å². The summed E-state index contributed by atoms with van der Waals surface area (Å²) in [4.78, 5) is 27.3. The van der Waals surface area contributed by atoms with E-state index in [0.717, 1.165) is 23.0 Å². The Balaban J connectivity index is 2.04. The summed E-state index contributed by atoms with van der Waals surface area (Å²) in [6.07, 6.45) is 2.46. The van der Waals surface area contributed by atoms with Gasteiger partial charge in [0.05, 0.1) is 21.2 Å². The molecule has 0 unspecified atom stereocenters. The lowest BCUT2D eigenvalue weighted by molar-refractivity contribution is -0.116. The standard InChI is InChI=1S/C16H18N2O5S2/c1-10-17-12(9-24-10)4-3-5-15(19)18-13-6-11(16(20)21)7-14(8-13)25(2,22)23/h6-9H,3-5H2,1-2H3,(H,18,19)(H,20,21). The number of thiazole rings is 1. The molecule has 0 aliphatic heterocycles. The number of carboxylic acid groups (broad SMARTS) is 1. The summed E-state index contributed by atoms with van der Waals surface area (Å²) in [6.45, 7) is 1.91. The number of carbonyl (C=O) groups is 2. The van der Waals surface area contributed by atoms with E-state index in [-0.39, 0.29) is 28.5 Å².